The maximum absolute atomic E-state index is 12.1. The molecule has 2 rings (SSSR count). The van der Waals surface area contributed by atoms with Gasteiger partial charge in [0.2, 0.25) is 0 Å². The SMILES string of the molecule is Cc1ccc(NC(=O)c2cccc(S(=O)O)c2)cc1C. The summed E-state index contributed by atoms with van der Waals surface area (Å²) in [4.78, 5) is 12.3. The quantitative estimate of drug-likeness (QED) is 0.853. The molecular formula is C15H15NO3S. The number of rotatable bonds is 3. The zero-order valence-electron chi connectivity index (χ0n) is 11.2. The van der Waals surface area contributed by atoms with Crippen LogP contribution in [0.25, 0.3) is 0 Å². The average molecular weight is 289 g/mol. The summed E-state index contributed by atoms with van der Waals surface area (Å²) < 4.78 is 20.0. The van der Waals surface area contributed by atoms with Gasteiger partial charge in [-0.3, -0.25) is 4.79 Å². The van der Waals surface area contributed by atoms with Gasteiger partial charge >= 0.3 is 0 Å². The van der Waals surface area contributed by atoms with Crippen molar-refractivity contribution in [2.75, 3.05) is 5.32 Å². The summed E-state index contributed by atoms with van der Waals surface area (Å²) in [5.74, 6) is -0.305. The molecule has 0 fully saturated rings. The number of benzene rings is 2. The van der Waals surface area contributed by atoms with Crippen LogP contribution in [0.4, 0.5) is 5.69 Å². The third-order valence-electron chi connectivity index (χ3n) is 3.06. The summed E-state index contributed by atoms with van der Waals surface area (Å²) in [5, 5.41) is 2.77. The minimum atomic E-state index is -2.09. The maximum atomic E-state index is 12.1. The van der Waals surface area contributed by atoms with E-state index in [-0.39, 0.29) is 10.8 Å². The molecule has 5 heteroatoms. The lowest BCUT2D eigenvalue weighted by Gasteiger charge is -2.08. The fourth-order valence-corrected chi connectivity index (χ4v) is 2.19. The van der Waals surface area contributed by atoms with Crippen molar-refractivity contribution in [3.8, 4) is 0 Å². The van der Waals surface area contributed by atoms with Gasteiger partial charge in [-0.1, -0.05) is 12.1 Å². The van der Waals surface area contributed by atoms with E-state index in [1.807, 2.05) is 32.0 Å². The Morgan fingerprint density at radius 2 is 1.85 bits per heavy atom. The molecule has 2 aromatic rings. The number of hydrogen-bond donors (Lipinski definition) is 2. The van der Waals surface area contributed by atoms with Crippen molar-refractivity contribution in [1.29, 1.82) is 0 Å². The van der Waals surface area contributed by atoms with Crippen LogP contribution in [0.2, 0.25) is 0 Å². The van der Waals surface area contributed by atoms with Crippen LogP contribution in [0.3, 0.4) is 0 Å². The smallest absolute Gasteiger partial charge is 0.255 e. The first-order chi connectivity index (χ1) is 9.47. The molecule has 1 unspecified atom stereocenters. The second-order valence-electron chi connectivity index (χ2n) is 4.53. The molecule has 0 saturated heterocycles. The number of anilines is 1. The van der Waals surface area contributed by atoms with E-state index in [0.29, 0.717) is 11.3 Å². The molecule has 0 aliphatic heterocycles. The first-order valence-electron chi connectivity index (χ1n) is 6.07. The Hall–Kier alpha value is -1.98. The van der Waals surface area contributed by atoms with Gasteiger partial charge in [0.25, 0.3) is 5.91 Å². The van der Waals surface area contributed by atoms with Gasteiger partial charge in [-0.05, 0) is 55.3 Å². The van der Waals surface area contributed by atoms with E-state index in [0.717, 1.165) is 11.1 Å². The second-order valence-corrected chi connectivity index (χ2v) is 5.50. The first kappa shape index (κ1) is 14.4. The maximum Gasteiger partial charge on any atom is 0.255 e. The molecule has 0 aliphatic rings. The third-order valence-corrected chi connectivity index (χ3v) is 3.72. The summed E-state index contributed by atoms with van der Waals surface area (Å²) in [6.45, 7) is 3.97. The highest BCUT2D eigenvalue weighted by atomic mass is 32.2. The number of hydrogen-bond acceptors (Lipinski definition) is 2. The Kier molecular flexibility index (Phi) is 4.32. The fraction of sp³-hybridized carbons (Fsp3) is 0.133. The Bertz CT molecular complexity index is 683. The van der Waals surface area contributed by atoms with Gasteiger partial charge in [0.15, 0.2) is 11.1 Å². The average Bonchev–Trinajstić information content (AvgIpc) is 2.43. The van der Waals surface area contributed by atoms with Crippen molar-refractivity contribution in [3.05, 3.63) is 59.2 Å². The lowest BCUT2D eigenvalue weighted by molar-refractivity contribution is 0.102. The van der Waals surface area contributed by atoms with Crippen LogP contribution >= 0.6 is 0 Å². The van der Waals surface area contributed by atoms with Crippen molar-refractivity contribution >= 4 is 22.7 Å². The minimum Gasteiger partial charge on any atom is -0.322 e. The predicted molar refractivity (Wildman–Crippen MR) is 79.3 cm³/mol. The van der Waals surface area contributed by atoms with Crippen LogP contribution < -0.4 is 5.32 Å². The normalized spacial score (nSPS) is 11.9. The summed E-state index contributed by atoms with van der Waals surface area (Å²) in [6.07, 6.45) is 0. The van der Waals surface area contributed by atoms with Crippen LogP contribution in [-0.2, 0) is 11.1 Å². The van der Waals surface area contributed by atoms with E-state index in [4.69, 9.17) is 4.55 Å². The monoisotopic (exact) mass is 289 g/mol. The van der Waals surface area contributed by atoms with Gasteiger partial charge in [-0.25, -0.2) is 4.21 Å². The number of carbonyl (C=O) groups excluding carboxylic acids is 1. The number of amides is 1. The first-order valence-corrected chi connectivity index (χ1v) is 7.17. The van der Waals surface area contributed by atoms with Gasteiger partial charge in [-0.2, -0.15) is 0 Å². The van der Waals surface area contributed by atoms with E-state index < -0.39 is 11.1 Å². The van der Waals surface area contributed by atoms with Crippen LogP contribution in [0.5, 0.6) is 0 Å². The van der Waals surface area contributed by atoms with E-state index >= 15 is 0 Å². The molecule has 104 valence electrons. The van der Waals surface area contributed by atoms with Crippen molar-refractivity contribution in [2.45, 2.75) is 18.7 Å². The molecule has 1 amide bonds. The van der Waals surface area contributed by atoms with Crippen molar-refractivity contribution in [1.82, 2.24) is 0 Å². The van der Waals surface area contributed by atoms with Crippen LogP contribution in [0.1, 0.15) is 21.5 Å². The van der Waals surface area contributed by atoms with Crippen LogP contribution in [0.15, 0.2) is 47.4 Å². The lowest BCUT2D eigenvalue weighted by Crippen LogP contribution is -2.12. The van der Waals surface area contributed by atoms with Crippen LogP contribution in [0, 0.1) is 13.8 Å². The summed E-state index contributed by atoms with van der Waals surface area (Å²) in [5.41, 5.74) is 3.30. The van der Waals surface area contributed by atoms with Crippen molar-refractivity contribution in [3.63, 3.8) is 0 Å². The lowest BCUT2D eigenvalue weighted by atomic mass is 10.1. The summed E-state index contributed by atoms with van der Waals surface area (Å²) in [7, 11) is 0. The Morgan fingerprint density at radius 3 is 2.50 bits per heavy atom. The second kappa shape index (κ2) is 5.98. The Balaban J connectivity index is 2.21. The molecule has 0 radical (unpaired) electrons. The molecule has 0 saturated carbocycles. The topological polar surface area (TPSA) is 66.4 Å². The van der Waals surface area contributed by atoms with Gasteiger partial charge in [0.05, 0.1) is 4.90 Å². The van der Waals surface area contributed by atoms with E-state index in [1.54, 1.807) is 12.1 Å². The molecule has 2 aromatic carbocycles. The molecule has 0 bridgehead atoms. The van der Waals surface area contributed by atoms with E-state index in [1.165, 1.54) is 12.1 Å². The fourth-order valence-electron chi connectivity index (χ4n) is 1.77. The highest BCUT2D eigenvalue weighted by molar-refractivity contribution is 7.79. The standard InChI is InChI=1S/C15H15NO3S/c1-10-6-7-13(8-11(10)2)16-15(17)12-4-3-5-14(9-12)20(18)19/h3-9H,1-2H3,(H,16,17)(H,18,19). The van der Waals surface area contributed by atoms with Gasteiger partial charge in [0, 0.05) is 11.3 Å². The Labute approximate surface area is 120 Å². The molecule has 2 N–H and O–H groups in total. The van der Waals surface area contributed by atoms with Crippen LogP contribution in [-0.4, -0.2) is 14.7 Å². The van der Waals surface area contributed by atoms with Gasteiger partial charge in [0.1, 0.15) is 0 Å². The zero-order valence-corrected chi connectivity index (χ0v) is 12.0. The minimum absolute atomic E-state index is 0.206. The molecule has 1 atom stereocenters. The number of carbonyl (C=O) groups is 1. The largest absolute Gasteiger partial charge is 0.322 e. The van der Waals surface area contributed by atoms with Crippen molar-refractivity contribution < 1.29 is 13.6 Å². The molecule has 0 spiro atoms. The highest BCUT2D eigenvalue weighted by Gasteiger charge is 2.09. The zero-order chi connectivity index (χ0) is 14.7. The summed E-state index contributed by atoms with van der Waals surface area (Å²) >= 11 is -2.09. The predicted octanol–water partition coefficient (Wildman–Crippen LogP) is 3.14. The molecule has 0 aromatic heterocycles. The summed E-state index contributed by atoms with van der Waals surface area (Å²) in [6, 6.07) is 11.8. The third kappa shape index (κ3) is 3.31. The van der Waals surface area contributed by atoms with E-state index in [9.17, 15) is 9.00 Å². The molecule has 4 nitrogen and oxygen atoms in total. The van der Waals surface area contributed by atoms with Gasteiger partial charge < -0.3 is 9.87 Å². The van der Waals surface area contributed by atoms with E-state index in [2.05, 4.69) is 5.32 Å². The molecule has 0 aliphatic carbocycles. The molecule has 20 heavy (non-hydrogen) atoms. The number of aryl methyl sites for hydroxylation is 2. The highest BCUT2D eigenvalue weighted by Crippen LogP contribution is 2.16. The number of nitrogens with one attached hydrogen (secondary N) is 1. The molecule has 0 heterocycles. The van der Waals surface area contributed by atoms with Crippen molar-refractivity contribution in [2.24, 2.45) is 0 Å². The van der Waals surface area contributed by atoms with Gasteiger partial charge in [-0.15, -0.1) is 0 Å². The molecular weight excluding hydrogens is 274 g/mol. The Morgan fingerprint density at radius 1 is 1.10 bits per heavy atom.